The molecule has 36 heavy (non-hydrogen) atoms. The zero-order valence-corrected chi connectivity index (χ0v) is 20.8. The van der Waals surface area contributed by atoms with E-state index in [4.69, 9.17) is 20.4 Å². The molecule has 2 heterocycles. The van der Waals surface area contributed by atoms with Gasteiger partial charge in [-0.2, -0.15) is 5.10 Å². The number of carboxylic acids is 3. The fourth-order valence-electron chi connectivity index (χ4n) is 5.68. The van der Waals surface area contributed by atoms with Crippen molar-refractivity contribution >= 4 is 17.9 Å². The number of benzene rings is 1. The number of aryl methyl sites for hydroxylation is 2. The Bertz CT molecular complexity index is 1060. The molecule has 4 N–H and O–H groups in total. The fraction of sp³-hybridized carbons (Fsp3) is 0.538. The summed E-state index contributed by atoms with van der Waals surface area (Å²) in [5.41, 5.74) is 1.88. The molecular formula is C26H35N3O7. The van der Waals surface area contributed by atoms with E-state index < -0.39 is 36.4 Å². The summed E-state index contributed by atoms with van der Waals surface area (Å²) in [6, 6.07) is 11.2. The van der Waals surface area contributed by atoms with Gasteiger partial charge in [-0.1, -0.05) is 43.2 Å². The normalized spacial score (nSPS) is 19.1. The number of aliphatic hydroxyl groups is 1. The number of aromatic nitrogens is 2. The number of rotatable bonds is 8. The van der Waals surface area contributed by atoms with Crippen LogP contribution in [0.2, 0.25) is 0 Å². The third kappa shape index (κ3) is 6.50. The van der Waals surface area contributed by atoms with Crippen molar-refractivity contribution in [3.8, 4) is 0 Å². The highest BCUT2D eigenvalue weighted by molar-refractivity contribution is 5.88. The summed E-state index contributed by atoms with van der Waals surface area (Å²) >= 11 is 0. The van der Waals surface area contributed by atoms with Gasteiger partial charge in [0.05, 0.1) is 18.5 Å². The van der Waals surface area contributed by atoms with Crippen LogP contribution >= 0.6 is 0 Å². The predicted molar refractivity (Wildman–Crippen MR) is 130 cm³/mol. The number of likely N-dealkylation sites (tertiary alicyclic amines) is 1. The van der Waals surface area contributed by atoms with E-state index in [0.29, 0.717) is 11.3 Å². The molecule has 1 saturated carbocycles. The van der Waals surface area contributed by atoms with Crippen molar-refractivity contribution in [2.75, 3.05) is 13.1 Å². The zero-order valence-electron chi connectivity index (χ0n) is 20.8. The van der Waals surface area contributed by atoms with E-state index >= 15 is 0 Å². The van der Waals surface area contributed by atoms with E-state index in [1.54, 1.807) is 5.56 Å². The quantitative estimate of drug-likeness (QED) is 0.427. The summed E-state index contributed by atoms with van der Waals surface area (Å²) in [5.74, 6) is -4.32. The number of aliphatic carboxylic acids is 3. The molecule has 0 amide bonds. The second kappa shape index (κ2) is 11.2. The molecule has 1 aromatic carbocycles. The minimum Gasteiger partial charge on any atom is -0.481 e. The van der Waals surface area contributed by atoms with Crippen LogP contribution in [0.3, 0.4) is 0 Å². The van der Waals surface area contributed by atoms with Crippen molar-refractivity contribution in [3.05, 3.63) is 53.3 Å². The minimum atomic E-state index is -2.74. The van der Waals surface area contributed by atoms with Crippen molar-refractivity contribution in [1.82, 2.24) is 14.7 Å². The van der Waals surface area contributed by atoms with E-state index in [1.165, 1.54) is 50.0 Å². The highest BCUT2D eigenvalue weighted by Crippen LogP contribution is 2.53. The average Bonchev–Trinajstić information content (AvgIpc) is 3.48. The molecule has 196 valence electrons. The van der Waals surface area contributed by atoms with Crippen molar-refractivity contribution in [2.24, 2.45) is 12.5 Å². The van der Waals surface area contributed by atoms with E-state index in [2.05, 4.69) is 53.5 Å². The predicted octanol–water partition coefficient (Wildman–Crippen LogP) is 2.64. The molecule has 1 spiro atoms. The molecular weight excluding hydrogens is 466 g/mol. The largest absolute Gasteiger partial charge is 0.481 e. The molecule has 2 aromatic rings. The van der Waals surface area contributed by atoms with E-state index in [1.807, 2.05) is 11.7 Å². The summed E-state index contributed by atoms with van der Waals surface area (Å²) in [6.45, 7) is 5.62. The van der Waals surface area contributed by atoms with E-state index in [9.17, 15) is 14.4 Å². The van der Waals surface area contributed by atoms with Gasteiger partial charge in [-0.05, 0) is 30.7 Å². The number of carboxylic acid groups (broad SMARTS) is 3. The SMILES string of the molecule is Cc1nn(C)cc1CN1CC(c2ccccc2)C2(CCCC2)C1.O=C(O)CC(O)(CC(=O)O)C(=O)O. The maximum absolute atomic E-state index is 10.3. The van der Waals surface area contributed by atoms with Gasteiger partial charge in [0, 0.05) is 44.4 Å². The molecule has 1 saturated heterocycles. The van der Waals surface area contributed by atoms with Gasteiger partial charge in [0.25, 0.3) is 0 Å². The van der Waals surface area contributed by atoms with Crippen LogP contribution in [0, 0.1) is 12.3 Å². The first-order valence-corrected chi connectivity index (χ1v) is 12.1. The van der Waals surface area contributed by atoms with Gasteiger partial charge in [-0.3, -0.25) is 19.2 Å². The summed E-state index contributed by atoms with van der Waals surface area (Å²) < 4.78 is 1.95. The van der Waals surface area contributed by atoms with Crippen LogP contribution in [-0.4, -0.2) is 71.7 Å². The Morgan fingerprint density at radius 2 is 1.64 bits per heavy atom. The third-order valence-electron chi connectivity index (χ3n) is 7.31. The highest BCUT2D eigenvalue weighted by atomic mass is 16.4. The molecule has 1 aliphatic heterocycles. The molecule has 1 unspecified atom stereocenters. The lowest BCUT2D eigenvalue weighted by Crippen LogP contribution is -2.42. The van der Waals surface area contributed by atoms with E-state index in [0.717, 1.165) is 6.54 Å². The fourth-order valence-corrected chi connectivity index (χ4v) is 5.68. The number of hydrogen-bond donors (Lipinski definition) is 4. The Labute approximate surface area is 210 Å². The second-order valence-electron chi connectivity index (χ2n) is 10.1. The summed E-state index contributed by atoms with van der Waals surface area (Å²) in [6.07, 6.45) is 5.51. The third-order valence-corrected chi connectivity index (χ3v) is 7.31. The molecule has 0 bridgehead atoms. The Morgan fingerprint density at radius 3 is 2.11 bits per heavy atom. The van der Waals surface area contributed by atoms with Crippen molar-refractivity contribution < 1.29 is 34.8 Å². The summed E-state index contributed by atoms with van der Waals surface area (Å²) in [4.78, 5) is 33.2. The number of carbonyl (C=O) groups is 3. The average molecular weight is 502 g/mol. The molecule has 4 rings (SSSR count). The molecule has 10 heteroatoms. The van der Waals surface area contributed by atoms with Crippen LogP contribution in [0.15, 0.2) is 36.5 Å². The lowest BCUT2D eigenvalue weighted by atomic mass is 9.73. The molecule has 1 aliphatic carbocycles. The van der Waals surface area contributed by atoms with Crippen LogP contribution in [0.1, 0.15) is 61.3 Å². The van der Waals surface area contributed by atoms with E-state index in [-0.39, 0.29) is 0 Å². The van der Waals surface area contributed by atoms with Gasteiger partial charge >= 0.3 is 17.9 Å². The van der Waals surface area contributed by atoms with Crippen molar-refractivity contribution in [2.45, 2.75) is 63.5 Å². The molecule has 1 atom stereocenters. The van der Waals surface area contributed by atoms with Gasteiger partial charge in [0.2, 0.25) is 0 Å². The van der Waals surface area contributed by atoms with Gasteiger partial charge in [0.1, 0.15) is 0 Å². The lowest BCUT2D eigenvalue weighted by molar-refractivity contribution is -0.170. The first-order chi connectivity index (χ1) is 16.9. The smallest absolute Gasteiger partial charge is 0.336 e. The monoisotopic (exact) mass is 501 g/mol. The highest BCUT2D eigenvalue weighted by Gasteiger charge is 2.48. The van der Waals surface area contributed by atoms with Crippen LogP contribution < -0.4 is 0 Å². The second-order valence-corrected chi connectivity index (χ2v) is 10.1. The maximum Gasteiger partial charge on any atom is 0.336 e. The summed E-state index contributed by atoms with van der Waals surface area (Å²) in [7, 11) is 2.02. The number of hydrogen-bond acceptors (Lipinski definition) is 6. The zero-order chi connectivity index (χ0) is 26.5. The van der Waals surface area contributed by atoms with Gasteiger partial charge in [0.15, 0.2) is 5.60 Å². The molecule has 2 aliphatic rings. The first kappa shape index (κ1) is 27.3. The van der Waals surface area contributed by atoms with Gasteiger partial charge < -0.3 is 20.4 Å². The van der Waals surface area contributed by atoms with Gasteiger partial charge in [-0.15, -0.1) is 0 Å². The number of nitrogens with zero attached hydrogens (tertiary/aromatic N) is 3. The maximum atomic E-state index is 10.3. The Kier molecular flexibility index (Phi) is 8.52. The molecule has 10 nitrogen and oxygen atoms in total. The molecule has 0 radical (unpaired) electrons. The Balaban J connectivity index is 0.000000240. The van der Waals surface area contributed by atoms with Crippen LogP contribution in [0.5, 0.6) is 0 Å². The Hall–Kier alpha value is -3.24. The first-order valence-electron chi connectivity index (χ1n) is 12.1. The van der Waals surface area contributed by atoms with Crippen LogP contribution in [-0.2, 0) is 28.0 Å². The standard InChI is InChI=1S/C20H27N3.C6H8O7/c1-16-18(12-22(2)21-16)13-23-14-19(17-8-4-3-5-9-17)20(15-23)10-6-7-11-20;7-3(8)1-6(13,5(11)12)2-4(9)10/h3-5,8-9,12,19H,6-7,10-11,13-15H2,1-2H3;13H,1-2H2,(H,7,8)(H,9,10)(H,11,12). The topological polar surface area (TPSA) is 153 Å². The van der Waals surface area contributed by atoms with Gasteiger partial charge in [-0.25, -0.2) is 4.79 Å². The lowest BCUT2D eigenvalue weighted by Gasteiger charge is -2.30. The Morgan fingerprint density at radius 1 is 1.06 bits per heavy atom. The minimum absolute atomic E-state index is 0.511. The molecule has 2 fully saturated rings. The van der Waals surface area contributed by atoms with Crippen LogP contribution in [0.4, 0.5) is 0 Å². The van der Waals surface area contributed by atoms with Crippen molar-refractivity contribution in [3.63, 3.8) is 0 Å². The summed E-state index contributed by atoms with van der Waals surface area (Å²) in [5, 5.41) is 38.3. The molecule has 1 aromatic heterocycles. The van der Waals surface area contributed by atoms with Crippen molar-refractivity contribution in [1.29, 1.82) is 0 Å². The van der Waals surface area contributed by atoms with Crippen LogP contribution in [0.25, 0.3) is 0 Å².